The second-order valence-electron chi connectivity index (χ2n) is 12.1. The molecule has 8 nitrogen and oxygen atoms in total. The average Bonchev–Trinajstić information content (AvgIpc) is 3.06. The molecule has 2 saturated heterocycles. The molecule has 2 fully saturated rings. The zero-order chi connectivity index (χ0) is 30.8. The molecule has 234 valence electrons. The molecule has 45 heavy (non-hydrogen) atoms. The van der Waals surface area contributed by atoms with Gasteiger partial charge < -0.3 is 29.7 Å². The van der Waals surface area contributed by atoms with Gasteiger partial charge >= 0.3 is 0 Å². The molecular weight excluding hydrogens is 601 g/mol. The van der Waals surface area contributed by atoms with Gasteiger partial charge in [0.15, 0.2) is 0 Å². The van der Waals surface area contributed by atoms with Gasteiger partial charge in [0.25, 0.3) is 0 Å². The molecule has 0 radical (unpaired) electrons. The predicted molar refractivity (Wildman–Crippen MR) is 184 cm³/mol. The van der Waals surface area contributed by atoms with E-state index in [1.165, 1.54) is 25.1 Å². The minimum Gasteiger partial charge on any atom is -0.378 e. The first-order valence-corrected chi connectivity index (χ1v) is 17.4. The van der Waals surface area contributed by atoms with Crippen molar-refractivity contribution in [3.8, 4) is 11.3 Å². The van der Waals surface area contributed by atoms with E-state index in [9.17, 15) is 4.79 Å². The third-order valence-corrected chi connectivity index (χ3v) is 11.4. The minimum absolute atomic E-state index is 0.0820. The van der Waals surface area contributed by atoms with E-state index < -0.39 is 0 Å². The van der Waals surface area contributed by atoms with Crippen molar-refractivity contribution in [2.24, 2.45) is 0 Å². The highest BCUT2D eigenvalue weighted by molar-refractivity contribution is 8.05. The molecule has 2 N–H and O–H groups in total. The number of ether oxygens (including phenoxy) is 1. The zero-order valence-corrected chi connectivity index (χ0v) is 27.6. The monoisotopic (exact) mass is 640 g/mol. The summed E-state index contributed by atoms with van der Waals surface area (Å²) in [4.78, 5) is 32.7. The number of aromatic amines is 1. The molecule has 0 amide bonds. The maximum absolute atomic E-state index is 12.7. The summed E-state index contributed by atoms with van der Waals surface area (Å²) in [6.07, 6.45) is 2.96. The van der Waals surface area contributed by atoms with Gasteiger partial charge in [0.1, 0.15) is 0 Å². The Hall–Kier alpha value is -3.28. The molecule has 1 atom stereocenters. The van der Waals surface area contributed by atoms with Crippen molar-refractivity contribution in [1.29, 1.82) is 0 Å². The Bertz CT molecular complexity index is 1700. The van der Waals surface area contributed by atoms with Crippen LogP contribution in [0.3, 0.4) is 0 Å². The second kappa shape index (κ2) is 13.6. The topological polar surface area (TPSA) is 76.7 Å². The van der Waals surface area contributed by atoms with E-state index in [4.69, 9.17) is 9.72 Å². The third kappa shape index (κ3) is 7.10. The summed E-state index contributed by atoms with van der Waals surface area (Å²) < 4.78 is 5.53. The first-order valence-electron chi connectivity index (χ1n) is 15.8. The van der Waals surface area contributed by atoms with Crippen molar-refractivity contribution in [3.05, 3.63) is 88.5 Å². The van der Waals surface area contributed by atoms with Crippen LogP contribution in [0.4, 0.5) is 11.4 Å². The highest BCUT2D eigenvalue weighted by Crippen LogP contribution is 2.52. The molecule has 0 aliphatic carbocycles. The van der Waals surface area contributed by atoms with Crippen molar-refractivity contribution in [2.45, 2.75) is 39.0 Å². The van der Waals surface area contributed by atoms with Crippen molar-refractivity contribution >= 4 is 34.9 Å². The van der Waals surface area contributed by atoms with Crippen molar-refractivity contribution in [3.63, 3.8) is 0 Å². The predicted octanol–water partition coefficient (Wildman–Crippen LogP) is 5.99. The fourth-order valence-corrected chi connectivity index (χ4v) is 8.56. The largest absolute Gasteiger partial charge is 0.378 e. The number of fused-ring (bicyclic) bond motifs is 2. The van der Waals surface area contributed by atoms with Crippen molar-refractivity contribution < 1.29 is 4.74 Å². The highest BCUT2D eigenvalue weighted by atomic mass is 32.2. The maximum Gasteiger partial charge on any atom is 0.250 e. The number of hydrogen-bond acceptors (Lipinski definition) is 9. The minimum atomic E-state index is -0.0820. The van der Waals surface area contributed by atoms with E-state index in [2.05, 4.69) is 93.6 Å². The lowest BCUT2D eigenvalue weighted by atomic mass is 10.1. The Labute approximate surface area is 273 Å². The van der Waals surface area contributed by atoms with Gasteiger partial charge in [-0.2, -0.15) is 0 Å². The smallest absolute Gasteiger partial charge is 0.250 e. The number of pyridine rings is 2. The summed E-state index contributed by atoms with van der Waals surface area (Å²) in [5.74, 6) is 0. The van der Waals surface area contributed by atoms with Crippen LogP contribution < -0.4 is 15.8 Å². The van der Waals surface area contributed by atoms with E-state index in [1.54, 1.807) is 29.6 Å². The molecule has 3 aliphatic heterocycles. The number of hydrogen-bond donors (Lipinski definition) is 2. The third-order valence-electron chi connectivity index (χ3n) is 8.81. The molecular formula is C35H40N6O2S2. The van der Waals surface area contributed by atoms with Gasteiger partial charge in [-0.3, -0.25) is 9.78 Å². The fourth-order valence-electron chi connectivity index (χ4n) is 6.15. The van der Waals surface area contributed by atoms with Crippen LogP contribution in [0.5, 0.6) is 0 Å². The molecule has 5 heterocycles. The van der Waals surface area contributed by atoms with Gasteiger partial charge in [-0.25, -0.2) is 0 Å². The molecule has 7 rings (SSSR count). The summed E-state index contributed by atoms with van der Waals surface area (Å²) in [7, 11) is 2.20. The van der Waals surface area contributed by atoms with Crippen LogP contribution in [0.2, 0.25) is 0 Å². The Kier molecular flexibility index (Phi) is 9.18. The quantitative estimate of drug-likeness (QED) is 0.213. The standard InChI is InChI=1S/C35H40N6O2S2/c1-24-6-8-28(36-23-24)29(10-11-40-14-12-39(2)13-15-40)37-25-7-9-31-33(20-25)44-32-5-3-4-27(35(32)45-31)30-21-26(22-34(42)38-30)41-16-18-43-19-17-41/h3-9,20-23,29,37H,10-19H2,1-2H3,(H,38,42). The number of anilines is 2. The van der Waals surface area contributed by atoms with Crippen LogP contribution in [0.25, 0.3) is 11.3 Å². The normalized spacial score (nSPS) is 17.9. The van der Waals surface area contributed by atoms with Gasteiger partial charge in [0.05, 0.1) is 30.6 Å². The number of nitrogens with one attached hydrogen (secondary N) is 2. The van der Waals surface area contributed by atoms with Crippen LogP contribution >= 0.6 is 23.5 Å². The Morgan fingerprint density at radius 2 is 1.78 bits per heavy atom. The van der Waals surface area contributed by atoms with E-state index >= 15 is 0 Å². The molecule has 0 saturated carbocycles. The van der Waals surface area contributed by atoms with Crippen LogP contribution in [0.1, 0.15) is 23.7 Å². The Morgan fingerprint density at radius 3 is 2.58 bits per heavy atom. The van der Waals surface area contributed by atoms with Crippen LogP contribution in [-0.4, -0.2) is 85.8 Å². The number of H-pyrrole nitrogens is 1. The van der Waals surface area contributed by atoms with Gasteiger partial charge in [-0.05, 0) is 62.4 Å². The summed E-state index contributed by atoms with van der Waals surface area (Å²) in [5, 5.41) is 3.84. The lowest BCUT2D eigenvalue weighted by Gasteiger charge is -2.33. The van der Waals surface area contributed by atoms with E-state index in [1.807, 2.05) is 6.20 Å². The maximum atomic E-state index is 12.7. The van der Waals surface area contributed by atoms with Gasteiger partial charge in [0, 0.05) is 94.6 Å². The first kappa shape index (κ1) is 30.4. The fraction of sp³-hybridized carbons (Fsp3) is 0.371. The van der Waals surface area contributed by atoms with Crippen LogP contribution in [-0.2, 0) is 4.74 Å². The number of piperazine rings is 1. The number of nitrogens with zero attached hydrogens (tertiary/aromatic N) is 4. The molecule has 10 heteroatoms. The summed E-state index contributed by atoms with van der Waals surface area (Å²) in [5.41, 5.74) is 6.14. The van der Waals surface area contributed by atoms with E-state index in [0.717, 1.165) is 80.6 Å². The second-order valence-corrected chi connectivity index (χ2v) is 14.2. The number of likely N-dealkylation sites (N-methyl/N-ethyl adjacent to an activating group) is 1. The summed E-state index contributed by atoms with van der Waals surface area (Å²) in [6, 6.07) is 21.3. The lowest BCUT2D eigenvalue weighted by molar-refractivity contribution is 0.122. The number of benzene rings is 2. The van der Waals surface area contributed by atoms with Crippen LogP contribution in [0, 0.1) is 6.92 Å². The Balaban J connectivity index is 1.11. The number of rotatable bonds is 8. The SMILES string of the molecule is Cc1ccc(C(CCN2CCN(C)CC2)Nc2ccc3c(c2)Sc2cccc(-c4cc(N5CCOCC5)cc(=O)[nH]4)c2S3)nc1. The molecule has 3 aliphatic rings. The Morgan fingerprint density at radius 1 is 0.933 bits per heavy atom. The number of aryl methyl sites for hydroxylation is 1. The molecule has 0 spiro atoms. The highest BCUT2D eigenvalue weighted by Gasteiger charge is 2.24. The zero-order valence-electron chi connectivity index (χ0n) is 25.9. The molecule has 2 aromatic carbocycles. The first-order chi connectivity index (χ1) is 22.0. The number of morpholine rings is 1. The summed E-state index contributed by atoms with van der Waals surface area (Å²) >= 11 is 3.57. The molecule has 2 aromatic heterocycles. The molecule has 1 unspecified atom stereocenters. The van der Waals surface area contributed by atoms with E-state index in [-0.39, 0.29) is 11.6 Å². The lowest BCUT2D eigenvalue weighted by Crippen LogP contribution is -2.45. The summed E-state index contributed by atoms with van der Waals surface area (Å²) in [6.45, 7) is 10.6. The van der Waals surface area contributed by atoms with Gasteiger partial charge in [-0.15, -0.1) is 0 Å². The van der Waals surface area contributed by atoms with Crippen molar-refractivity contribution in [1.82, 2.24) is 19.8 Å². The average molecular weight is 641 g/mol. The van der Waals surface area contributed by atoms with Gasteiger partial charge in [-0.1, -0.05) is 41.7 Å². The van der Waals surface area contributed by atoms with Gasteiger partial charge in [0.2, 0.25) is 5.56 Å². The van der Waals surface area contributed by atoms with E-state index in [0.29, 0.717) is 13.2 Å². The molecule has 0 bridgehead atoms. The number of aromatic nitrogens is 2. The van der Waals surface area contributed by atoms with Crippen molar-refractivity contribution in [2.75, 3.05) is 76.3 Å². The molecule has 4 aromatic rings. The van der Waals surface area contributed by atoms with Crippen LogP contribution in [0.15, 0.2) is 91.2 Å².